The first kappa shape index (κ1) is 16.7. The molecule has 0 saturated heterocycles. The SMILES string of the molecule is O=C1C/C=N/C=c2/cccc/c2=N\c2ncnc3ccc(cc23)OC/C=N\1. The van der Waals surface area contributed by atoms with Gasteiger partial charge in [0.2, 0.25) is 0 Å². The fourth-order valence-electron chi connectivity index (χ4n) is 2.60. The Bertz CT molecular complexity index is 1180. The van der Waals surface area contributed by atoms with E-state index in [0.717, 1.165) is 21.5 Å². The zero-order chi connectivity index (χ0) is 18.5. The Morgan fingerprint density at radius 3 is 2.89 bits per heavy atom. The maximum absolute atomic E-state index is 11.7. The molecule has 0 N–H and O–H groups in total. The van der Waals surface area contributed by atoms with Crippen LogP contribution >= 0.6 is 0 Å². The van der Waals surface area contributed by atoms with Crippen molar-refractivity contribution in [3.63, 3.8) is 0 Å². The first-order chi connectivity index (χ1) is 13.3. The zero-order valence-electron chi connectivity index (χ0n) is 14.3. The Kier molecular flexibility index (Phi) is 4.74. The largest absolute Gasteiger partial charge is 0.488 e. The fourth-order valence-corrected chi connectivity index (χ4v) is 2.60. The van der Waals surface area contributed by atoms with Crippen molar-refractivity contribution in [3.05, 3.63) is 59.4 Å². The summed E-state index contributed by atoms with van der Waals surface area (Å²) < 4.78 is 5.65. The molecule has 0 fully saturated rings. The quantitative estimate of drug-likeness (QED) is 0.613. The highest BCUT2D eigenvalue weighted by Crippen LogP contribution is 2.25. The second-order valence-electron chi connectivity index (χ2n) is 5.73. The lowest BCUT2D eigenvalue weighted by Crippen LogP contribution is -2.23. The van der Waals surface area contributed by atoms with Gasteiger partial charge in [-0.25, -0.2) is 20.0 Å². The molecule has 27 heavy (non-hydrogen) atoms. The molecule has 1 amide bonds. The number of rotatable bonds is 0. The molecule has 3 aromatic rings. The number of hydrogen-bond donors (Lipinski definition) is 0. The van der Waals surface area contributed by atoms with Crippen LogP contribution in [0.4, 0.5) is 5.82 Å². The van der Waals surface area contributed by atoms with E-state index in [9.17, 15) is 4.79 Å². The molecule has 1 aliphatic heterocycles. The molecule has 1 aliphatic rings. The second kappa shape index (κ2) is 7.65. The number of hydrogen-bond acceptors (Lipinski definition) is 6. The Labute approximate surface area is 154 Å². The molecule has 4 rings (SSSR count). The number of carbonyl (C=O) groups is 1. The first-order valence-electron chi connectivity index (χ1n) is 8.38. The molecule has 2 aromatic carbocycles. The number of ether oxygens (including phenoxy) is 1. The van der Waals surface area contributed by atoms with Gasteiger partial charge < -0.3 is 4.74 Å². The zero-order valence-corrected chi connectivity index (χ0v) is 14.3. The molecule has 7 nitrogen and oxygen atoms in total. The molecule has 7 heteroatoms. The number of aliphatic imine (C=N–C) groups is 2. The molecule has 0 spiro atoms. The highest BCUT2D eigenvalue weighted by Gasteiger charge is 2.05. The van der Waals surface area contributed by atoms with Gasteiger partial charge in [-0.1, -0.05) is 18.2 Å². The number of para-hydroxylation sites is 1. The van der Waals surface area contributed by atoms with E-state index in [4.69, 9.17) is 9.73 Å². The second-order valence-corrected chi connectivity index (χ2v) is 5.73. The van der Waals surface area contributed by atoms with Gasteiger partial charge in [-0.15, -0.1) is 0 Å². The number of carbonyl (C=O) groups excluding carboxylic acids is 1. The van der Waals surface area contributed by atoms with Crippen LogP contribution in [0.25, 0.3) is 17.1 Å². The van der Waals surface area contributed by atoms with Crippen LogP contribution in [0, 0.1) is 0 Å². The predicted molar refractivity (Wildman–Crippen MR) is 103 cm³/mol. The van der Waals surface area contributed by atoms with Gasteiger partial charge in [0.25, 0.3) is 5.91 Å². The summed E-state index contributed by atoms with van der Waals surface area (Å²) in [6.07, 6.45) is 6.24. The minimum atomic E-state index is -0.282. The molecule has 0 atom stereocenters. The molecule has 2 heterocycles. The molecule has 1 aromatic heterocycles. The molecule has 0 radical (unpaired) electrons. The minimum absolute atomic E-state index is 0.119. The molecular formula is C20H15N5O2. The van der Waals surface area contributed by atoms with Crippen molar-refractivity contribution < 1.29 is 9.53 Å². The lowest BCUT2D eigenvalue weighted by molar-refractivity contribution is -0.116. The summed E-state index contributed by atoms with van der Waals surface area (Å²) in [5, 5.41) is 2.31. The summed E-state index contributed by atoms with van der Waals surface area (Å²) in [6.45, 7) is 0.184. The van der Waals surface area contributed by atoms with Crippen LogP contribution < -0.4 is 15.3 Å². The third kappa shape index (κ3) is 3.92. The van der Waals surface area contributed by atoms with Crippen LogP contribution in [0.3, 0.4) is 0 Å². The molecule has 0 saturated carbocycles. The maximum atomic E-state index is 11.7. The van der Waals surface area contributed by atoms with Gasteiger partial charge in [-0.05, 0) is 24.3 Å². The van der Waals surface area contributed by atoms with Crippen LogP contribution in [-0.4, -0.2) is 34.9 Å². The molecule has 2 bridgehead atoms. The van der Waals surface area contributed by atoms with E-state index >= 15 is 0 Å². The van der Waals surface area contributed by atoms with Crippen molar-refractivity contribution in [2.45, 2.75) is 6.42 Å². The Balaban J connectivity index is 1.94. The third-order valence-electron chi connectivity index (χ3n) is 3.89. The van der Waals surface area contributed by atoms with Gasteiger partial charge >= 0.3 is 0 Å². The van der Waals surface area contributed by atoms with Gasteiger partial charge in [-0.3, -0.25) is 9.79 Å². The summed E-state index contributed by atoms with van der Waals surface area (Å²) in [5.74, 6) is 0.891. The minimum Gasteiger partial charge on any atom is -0.488 e. The Hall–Kier alpha value is -3.74. The van der Waals surface area contributed by atoms with E-state index in [-0.39, 0.29) is 18.9 Å². The van der Waals surface area contributed by atoms with Crippen LogP contribution in [-0.2, 0) is 4.79 Å². The number of nitrogens with zero attached hydrogens (tertiary/aromatic N) is 5. The number of fused-ring (bicyclic) bond motifs is 2. The number of benzene rings is 2. The molecule has 0 unspecified atom stereocenters. The topological polar surface area (TPSA) is 89.2 Å². The van der Waals surface area contributed by atoms with E-state index < -0.39 is 0 Å². The summed E-state index contributed by atoms with van der Waals surface area (Å²) >= 11 is 0. The highest BCUT2D eigenvalue weighted by atomic mass is 16.5. The third-order valence-corrected chi connectivity index (χ3v) is 3.89. The predicted octanol–water partition coefficient (Wildman–Crippen LogP) is 1.77. The standard InChI is InChI=1S/C20H15N5O2/c26-19-7-8-21-12-14-3-1-2-4-17(14)25-20-16-11-15(27-10-9-22-19)5-6-18(16)23-13-24-20/h1-6,8-9,11-13H,7,10H2/b14-12-,21-8+,22-9-,25-17+. The van der Waals surface area contributed by atoms with Crippen LogP contribution in [0.15, 0.2) is 63.8 Å². The highest BCUT2D eigenvalue weighted by molar-refractivity contribution is 5.95. The van der Waals surface area contributed by atoms with Crippen molar-refractivity contribution in [1.29, 1.82) is 0 Å². The van der Waals surface area contributed by atoms with Crippen LogP contribution in [0.1, 0.15) is 6.42 Å². The van der Waals surface area contributed by atoms with Crippen LogP contribution in [0.5, 0.6) is 5.75 Å². The molecule has 0 aliphatic carbocycles. The summed E-state index contributed by atoms with van der Waals surface area (Å²) in [4.78, 5) is 33.1. The molecule has 132 valence electrons. The summed E-state index contributed by atoms with van der Waals surface area (Å²) in [6, 6.07) is 13.1. The summed E-state index contributed by atoms with van der Waals surface area (Å²) in [5.41, 5.74) is 0.764. The average molecular weight is 357 g/mol. The monoisotopic (exact) mass is 357 g/mol. The van der Waals surface area contributed by atoms with Gasteiger partial charge in [0.1, 0.15) is 18.7 Å². The van der Waals surface area contributed by atoms with Crippen molar-refractivity contribution in [1.82, 2.24) is 9.97 Å². The van der Waals surface area contributed by atoms with Crippen molar-refractivity contribution in [3.8, 4) is 5.75 Å². The normalized spacial score (nSPS) is 19.2. The van der Waals surface area contributed by atoms with Crippen LogP contribution in [0.2, 0.25) is 0 Å². The maximum Gasteiger partial charge on any atom is 0.250 e. The van der Waals surface area contributed by atoms with E-state index in [0.29, 0.717) is 11.6 Å². The smallest absolute Gasteiger partial charge is 0.250 e. The number of amides is 1. The lowest BCUT2D eigenvalue weighted by Gasteiger charge is -2.05. The van der Waals surface area contributed by atoms with Gasteiger partial charge in [0.05, 0.1) is 17.3 Å². The molecular weight excluding hydrogens is 342 g/mol. The fraction of sp³-hybridized carbons (Fsp3) is 0.100. The first-order valence-corrected chi connectivity index (χ1v) is 8.38. The van der Waals surface area contributed by atoms with Gasteiger partial charge in [-0.2, -0.15) is 0 Å². The lowest BCUT2D eigenvalue weighted by atomic mass is 10.2. The van der Waals surface area contributed by atoms with Crippen molar-refractivity contribution in [2.75, 3.05) is 6.61 Å². The van der Waals surface area contributed by atoms with E-state index in [2.05, 4.69) is 20.0 Å². The Morgan fingerprint density at radius 1 is 1.00 bits per heavy atom. The average Bonchev–Trinajstić information content (AvgIpc) is 2.69. The number of aromatic nitrogens is 2. The van der Waals surface area contributed by atoms with E-state index in [1.807, 2.05) is 42.5 Å². The van der Waals surface area contributed by atoms with Gasteiger partial charge in [0, 0.05) is 29.2 Å². The summed E-state index contributed by atoms with van der Waals surface area (Å²) in [7, 11) is 0. The van der Waals surface area contributed by atoms with E-state index in [1.54, 1.807) is 6.20 Å². The van der Waals surface area contributed by atoms with Gasteiger partial charge in [0.15, 0.2) is 5.82 Å². The van der Waals surface area contributed by atoms with Crippen molar-refractivity contribution >= 4 is 41.3 Å². The van der Waals surface area contributed by atoms with Crippen molar-refractivity contribution in [2.24, 2.45) is 15.0 Å². The Morgan fingerprint density at radius 2 is 1.93 bits per heavy atom. The van der Waals surface area contributed by atoms with E-state index in [1.165, 1.54) is 18.8 Å².